The molecule has 0 aliphatic carbocycles. The van der Waals surface area contributed by atoms with E-state index in [-0.39, 0.29) is 26.6 Å². The van der Waals surface area contributed by atoms with Gasteiger partial charge in [-0.05, 0) is 85.2 Å². The molecule has 6 rings (SSSR count). The number of fused-ring (bicyclic) bond motifs is 4. The smallest absolute Gasteiger partial charge is 0.319 e. The van der Waals surface area contributed by atoms with Crippen molar-refractivity contribution in [3.05, 3.63) is 22.2 Å². The predicted octanol–water partition coefficient (Wildman–Crippen LogP) is 6.01. The molecule has 1 aromatic carbocycles. The summed E-state index contributed by atoms with van der Waals surface area (Å²) in [6, 6.07) is 2.59. The van der Waals surface area contributed by atoms with Gasteiger partial charge in [-0.1, -0.05) is 20.8 Å². The summed E-state index contributed by atoms with van der Waals surface area (Å²) in [5.41, 5.74) is 0.00253. The first-order chi connectivity index (χ1) is 18.9. The van der Waals surface area contributed by atoms with Crippen LogP contribution in [0.15, 0.2) is 10.5 Å². The zero-order chi connectivity index (χ0) is 28.4. The van der Waals surface area contributed by atoms with Gasteiger partial charge in [-0.25, -0.2) is 8.78 Å². The number of nitrogens with one attached hydrogen (secondary N) is 1. The molecule has 4 saturated heterocycles. The fourth-order valence-electron chi connectivity index (χ4n) is 6.92. The van der Waals surface area contributed by atoms with E-state index in [0.717, 1.165) is 64.8 Å². The molecule has 0 saturated carbocycles. The second kappa shape index (κ2) is 10.4. The number of aromatic nitrogens is 2. The molecule has 1 aromatic heterocycles. The van der Waals surface area contributed by atoms with Gasteiger partial charge in [0.2, 0.25) is 0 Å². The van der Waals surface area contributed by atoms with Crippen LogP contribution in [0.4, 0.5) is 14.6 Å². The molecule has 2 aromatic rings. The number of rotatable bonds is 7. The Morgan fingerprint density at radius 1 is 1.12 bits per heavy atom. The van der Waals surface area contributed by atoms with Gasteiger partial charge in [0.05, 0.1) is 10.0 Å². The first-order valence-electron chi connectivity index (χ1n) is 14.8. The van der Waals surface area contributed by atoms with E-state index in [1.54, 1.807) is 0 Å². The maximum Gasteiger partial charge on any atom is 0.319 e. The van der Waals surface area contributed by atoms with Crippen molar-refractivity contribution in [1.29, 1.82) is 0 Å². The van der Waals surface area contributed by atoms with E-state index in [2.05, 4.69) is 69.9 Å². The van der Waals surface area contributed by atoms with E-state index in [1.807, 2.05) is 0 Å². The summed E-state index contributed by atoms with van der Waals surface area (Å²) < 4.78 is 42.8. The van der Waals surface area contributed by atoms with Crippen molar-refractivity contribution in [2.24, 2.45) is 0 Å². The molecule has 11 heteroatoms. The van der Waals surface area contributed by atoms with Crippen LogP contribution in [0.5, 0.6) is 6.01 Å². The van der Waals surface area contributed by atoms with E-state index in [1.165, 1.54) is 6.07 Å². The van der Waals surface area contributed by atoms with Crippen molar-refractivity contribution in [2.75, 3.05) is 37.7 Å². The summed E-state index contributed by atoms with van der Waals surface area (Å²) in [7, 11) is -1.83. The highest BCUT2D eigenvalue weighted by Gasteiger charge is 2.50. The van der Waals surface area contributed by atoms with Crippen LogP contribution >= 0.6 is 15.9 Å². The maximum absolute atomic E-state index is 15.3. The van der Waals surface area contributed by atoms with Crippen LogP contribution in [-0.4, -0.2) is 79.7 Å². The highest BCUT2D eigenvalue weighted by Crippen LogP contribution is 2.44. The largest absolute Gasteiger partial charge is 0.461 e. The average Bonchev–Trinajstić information content (AvgIpc) is 3.57. The number of hydrogen-bond donors (Lipinski definition) is 1. The van der Waals surface area contributed by atoms with Gasteiger partial charge in [-0.15, -0.1) is 0 Å². The van der Waals surface area contributed by atoms with E-state index in [4.69, 9.17) is 14.1 Å². The van der Waals surface area contributed by atoms with Crippen molar-refractivity contribution < 1.29 is 17.9 Å². The molecule has 5 heterocycles. The Hall–Kier alpha value is -1.40. The monoisotopic (exact) mass is 637 g/mol. The maximum atomic E-state index is 15.3. The molecule has 4 atom stereocenters. The molecular weight excluding hydrogens is 596 g/mol. The third-order valence-corrected chi connectivity index (χ3v) is 15.5. The van der Waals surface area contributed by atoms with Crippen LogP contribution in [0.3, 0.4) is 0 Å². The number of halogens is 3. The standard InChI is InChI=1S/C29H42BrF2N5O2Si/c1-28(2,3)40(4,5)39-16-20-9-11-29(10-6-12-37(20)29)17-38-27-34-25-21(13-22(31)23(30)24(25)32)26(35-27)36-14-18-7-8-19(15-36)33-18/h13,18-20,33H,6-12,14-17H2,1-5H3. The lowest BCUT2D eigenvalue weighted by molar-refractivity contribution is 0.0663. The third kappa shape index (κ3) is 5.07. The molecule has 4 fully saturated rings. The summed E-state index contributed by atoms with van der Waals surface area (Å²) in [4.78, 5) is 14.0. The molecule has 40 heavy (non-hydrogen) atoms. The van der Waals surface area contributed by atoms with E-state index in [9.17, 15) is 4.39 Å². The molecule has 220 valence electrons. The van der Waals surface area contributed by atoms with Gasteiger partial charge in [0.1, 0.15) is 23.8 Å². The summed E-state index contributed by atoms with van der Waals surface area (Å²) in [6.07, 6.45) is 6.48. The van der Waals surface area contributed by atoms with E-state index >= 15 is 4.39 Å². The second-order valence-corrected chi connectivity index (χ2v) is 19.4. The van der Waals surface area contributed by atoms with Gasteiger partial charge in [0.25, 0.3) is 0 Å². The van der Waals surface area contributed by atoms with Crippen molar-refractivity contribution in [3.63, 3.8) is 0 Å². The van der Waals surface area contributed by atoms with E-state index in [0.29, 0.717) is 35.9 Å². The van der Waals surface area contributed by atoms with Crippen molar-refractivity contribution in [2.45, 2.75) is 101 Å². The van der Waals surface area contributed by atoms with E-state index < -0.39 is 20.0 Å². The van der Waals surface area contributed by atoms with Crippen LogP contribution in [-0.2, 0) is 4.43 Å². The molecule has 4 unspecified atom stereocenters. The SMILES string of the molecule is CC(C)(C)[Si](C)(C)OCC1CCC2(COc3nc(N4CC5CCC(C4)N5)c4cc(F)c(Br)c(F)c4n3)CCCN12. The summed E-state index contributed by atoms with van der Waals surface area (Å²) in [5.74, 6) is -0.818. The van der Waals surface area contributed by atoms with Crippen LogP contribution in [0.1, 0.15) is 59.3 Å². The number of hydrogen-bond acceptors (Lipinski definition) is 7. The Balaban J connectivity index is 1.24. The van der Waals surface area contributed by atoms with Crippen LogP contribution in [0.25, 0.3) is 10.9 Å². The van der Waals surface area contributed by atoms with Crippen molar-refractivity contribution in [3.8, 4) is 6.01 Å². The van der Waals surface area contributed by atoms with Gasteiger partial charge >= 0.3 is 6.01 Å². The molecule has 2 bridgehead atoms. The van der Waals surface area contributed by atoms with Gasteiger partial charge < -0.3 is 19.4 Å². The quantitative estimate of drug-likeness (QED) is 0.295. The number of anilines is 1. The Morgan fingerprint density at radius 2 is 1.85 bits per heavy atom. The minimum absolute atomic E-state index is 0.0873. The van der Waals surface area contributed by atoms with Crippen LogP contribution in [0.2, 0.25) is 18.1 Å². The first kappa shape index (κ1) is 28.7. The Morgan fingerprint density at radius 3 is 2.55 bits per heavy atom. The molecule has 0 amide bonds. The average molecular weight is 639 g/mol. The lowest BCUT2D eigenvalue weighted by Crippen LogP contribution is -2.51. The van der Waals surface area contributed by atoms with Crippen molar-refractivity contribution >= 4 is 41.0 Å². The summed E-state index contributed by atoms with van der Waals surface area (Å²) in [5, 5.41) is 4.18. The molecule has 0 spiro atoms. The Kier molecular flexibility index (Phi) is 7.46. The minimum Gasteiger partial charge on any atom is -0.461 e. The molecule has 7 nitrogen and oxygen atoms in total. The summed E-state index contributed by atoms with van der Waals surface area (Å²) in [6.45, 7) is 15.2. The molecule has 0 radical (unpaired) electrons. The predicted molar refractivity (Wildman–Crippen MR) is 160 cm³/mol. The Bertz CT molecular complexity index is 1280. The number of ether oxygens (including phenoxy) is 1. The minimum atomic E-state index is -1.83. The Labute approximate surface area is 245 Å². The lowest BCUT2D eigenvalue weighted by atomic mass is 9.95. The fourth-order valence-corrected chi connectivity index (χ4v) is 8.27. The zero-order valence-corrected chi connectivity index (χ0v) is 26.9. The van der Waals surface area contributed by atoms with Crippen molar-refractivity contribution in [1.82, 2.24) is 20.2 Å². The summed E-state index contributed by atoms with van der Waals surface area (Å²) >= 11 is 3.06. The highest BCUT2D eigenvalue weighted by atomic mass is 79.9. The number of nitrogens with zero attached hydrogens (tertiary/aromatic N) is 4. The van der Waals surface area contributed by atoms with Gasteiger partial charge in [-0.3, -0.25) is 4.90 Å². The van der Waals surface area contributed by atoms with Gasteiger partial charge in [-0.2, -0.15) is 9.97 Å². The second-order valence-electron chi connectivity index (χ2n) is 13.8. The molecule has 4 aliphatic rings. The highest BCUT2D eigenvalue weighted by molar-refractivity contribution is 9.10. The third-order valence-electron chi connectivity index (χ3n) is 10.2. The zero-order valence-electron chi connectivity index (χ0n) is 24.3. The number of benzene rings is 1. The van der Waals surface area contributed by atoms with Gasteiger partial charge in [0, 0.05) is 43.2 Å². The fraction of sp³-hybridized carbons (Fsp3) is 0.724. The first-order valence-corrected chi connectivity index (χ1v) is 18.5. The molecule has 1 N–H and O–H groups in total. The van der Waals surface area contributed by atoms with Gasteiger partial charge in [0.15, 0.2) is 14.1 Å². The normalized spacial score (nSPS) is 29.0. The van der Waals surface area contributed by atoms with Crippen LogP contribution < -0.4 is 15.0 Å². The topological polar surface area (TPSA) is 62.8 Å². The lowest BCUT2D eigenvalue weighted by Gasteiger charge is -2.39. The molecular formula is C29H42BrF2N5O2Si. The number of piperazine rings is 1. The molecule has 4 aliphatic heterocycles. The van der Waals surface area contributed by atoms with Crippen LogP contribution in [0, 0.1) is 11.6 Å².